The molecule has 1 aromatic carbocycles. The highest BCUT2D eigenvalue weighted by molar-refractivity contribution is 5.75. The molecule has 0 aliphatic carbocycles. The molecule has 0 unspecified atom stereocenters. The minimum Gasteiger partial charge on any atom is -0.496 e. The van der Waals surface area contributed by atoms with Crippen molar-refractivity contribution in [1.82, 2.24) is 5.43 Å². The zero-order chi connectivity index (χ0) is 12.1. The second-order valence-corrected chi connectivity index (χ2v) is 3.83. The second kappa shape index (κ2) is 5.51. The molecule has 0 fully saturated rings. The molecule has 4 heteroatoms. The molecule has 0 atom stereocenters. The van der Waals surface area contributed by atoms with Crippen LogP contribution in [0, 0.1) is 13.8 Å². The Kier molecular flexibility index (Phi) is 4.31. The quantitative estimate of drug-likeness (QED) is 0.457. The van der Waals surface area contributed by atoms with Crippen LogP contribution in [0.2, 0.25) is 0 Å². The van der Waals surface area contributed by atoms with Gasteiger partial charge in [0.05, 0.1) is 7.11 Å². The van der Waals surface area contributed by atoms with E-state index >= 15 is 0 Å². The van der Waals surface area contributed by atoms with Crippen LogP contribution in [0.4, 0.5) is 0 Å². The van der Waals surface area contributed by atoms with E-state index in [2.05, 4.69) is 11.5 Å². The van der Waals surface area contributed by atoms with Gasteiger partial charge >= 0.3 is 0 Å². The van der Waals surface area contributed by atoms with Crippen LogP contribution in [0.5, 0.6) is 5.75 Å². The Labute approximate surface area is 95.8 Å². The Morgan fingerprint density at radius 1 is 1.44 bits per heavy atom. The monoisotopic (exact) mass is 222 g/mol. The summed E-state index contributed by atoms with van der Waals surface area (Å²) in [5, 5.41) is 0. The molecule has 16 heavy (non-hydrogen) atoms. The number of nitrogens with one attached hydrogen (secondary N) is 1. The van der Waals surface area contributed by atoms with E-state index in [1.807, 2.05) is 19.9 Å². The second-order valence-electron chi connectivity index (χ2n) is 3.83. The number of ether oxygens (including phenoxy) is 1. The van der Waals surface area contributed by atoms with Gasteiger partial charge in [-0.25, -0.2) is 5.84 Å². The topological polar surface area (TPSA) is 64.3 Å². The van der Waals surface area contributed by atoms with Gasteiger partial charge in [0, 0.05) is 6.42 Å². The SMILES string of the molecule is COc1cc(C)cc(C)c1CCC(=O)NN. The highest BCUT2D eigenvalue weighted by Gasteiger charge is 2.09. The minimum absolute atomic E-state index is 0.165. The summed E-state index contributed by atoms with van der Waals surface area (Å²) in [6.45, 7) is 4.04. The van der Waals surface area contributed by atoms with Crippen molar-refractivity contribution in [2.24, 2.45) is 5.84 Å². The number of carbonyl (C=O) groups is 1. The maximum absolute atomic E-state index is 11.1. The van der Waals surface area contributed by atoms with Crippen molar-refractivity contribution < 1.29 is 9.53 Å². The lowest BCUT2D eigenvalue weighted by Crippen LogP contribution is -2.30. The van der Waals surface area contributed by atoms with E-state index in [-0.39, 0.29) is 5.91 Å². The molecule has 0 aliphatic rings. The summed E-state index contributed by atoms with van der Waals surface area (Å²) in [7, 11) is 1.64. The molecule has 0 saturated heterocycles. The van der Waals surface area contributed by atoms with E-state index < -0.39 is 0 Å². The van der Waals surface area contributed by atoms with Crippen LogP contribution in [0.25, 0.3) is 0 Å². The average Bonchev–Trinajstić information content (AvgIpc) is 2.26. The fraction of sp³-hybridized carbons (Fsp3) is 0.417. The number of hydrogen-bond donors (Lipinski definition) is 2. The molecule has 1 rings (SSSR count). The van der Waals surface area contributed by atoms with Gasteiger partial charge in [-0.1, -0.05) is 6.07 Å². The fourth-order valence-electron chi connectivity index (χ4n) is 1.77. The number of rotatable bonds is 4. The van der Waals surface area contributed by atoms with Gasteiger partial charge < -0.3 is 4.74 Å². The number of carbonyl (C=O) groups excluding carboxylic acids is 1. The number of hydrazine groups is 1. The lowest BCUT2D eigenvalue weighted by molar-refractivity contribution is -0.121. The van der Waals surface area contributed by atoms with Crippen molar-refractivity contribution in [3.05, 3.63) is 28.8 Å². The molecule has 4 nitrogen and oxygen atoms in total. The van der Waals surface area contributed by atoms with Gasteiger partial charge in [0.25, 0.3) is 0 Å². The normalized spacial score (nSPS) is 10.0. The fourth-order valence-corrected chi connectivity index (χ4v) is 1.77. The predicted molar refractivity (Wildman–Crippen MR) is 63.1 cm³/mol. The number of hydrogen-bond acceptors (Lipinski definition) is 3. The summed E-state index contributed by atoms with van der Waals surface area (Å²) >= 11 is 0. The van der Waals surface area contributed by atoms with Crippen LogP contribution in [0.1, 0.15) is 23.1 Å². The summed E-state index contributed by atoms with van der Waals surface area (Å²) in [4.78, 5) is 11.1. The van der Waals surface area contributed by atoms with Crippen molar-refractivity contribution >= 4 is 5.91 Å². The Balaban J connectivity index is 2.89. The molecule has 0 aromatic heterocycles. The van der Waals surface area contributed by atoms with Gasteiger partial charge in [-0.3, -0.25) is 10.2 Å². The van der Waals surface area contributed by atoms with Crippen molar-refractivity contribution in [2.45, 2.75) is 26.7 Å². The summed E-state index contributed by atoms with van der Waals surface area (Å²) in [6.07, 6.45) is 1.01. The Bertz CT molecular complexity index is 389. The Morgan fingerprint density at radius 3 is 2.69 bits per heavy atom. The van der Waals surface area contributed by atoms with E-state index in [9.17, 15) is 4.79 Å². The van der Waals surface area contributed by atoms with Crippen molar-refractivity contribution in [3.63, 3.8) is 0 Å². The maximum atomic E-state index is 11.1. The molecule has 0 aliphatic heterocycles. The van der Waals surface area contributed by atoms with Gasteiger partial charge in [-0.2, -0.15) is 0 Å². The van der Waals surface area contributed by atoms with Crippen LogP contribution in [0.3, 0.4) is 0 Å². The molecular formula is C12H18N2O2. The summed E-state index contributed by atoms with van der Waals surface area (Å²) in [5.41, 5.74) is 5.48. The van der Waals surface area contributed by atoms with Crippen LogP contribution in [-0.2, 0) is 11.2 Å². The van der Waals surface area contributed by atoms with Gasteiger partial charge in [-0.05, 0) is 43.0 Å². The number of aryl methyl sites for hydroxylation is 2. The zero-order valence-corrected chi connectivity index (χ0v) is 9.96. The van der Waals surface area contributed by atoms with E-state index in [1.165, 1.54) is 0 Å². The van der Waals surface area contributed by atoms with E-state index in [0.29, 0.717) is 12.8 Å². The molecule has 0 spiro atoms. The smallest absolute Gasteiger partial charge is 0.234 e. The van der Waals surface area contributed by atoms with Crippen molar-refractivity contribution in [1.29, 1.82) is 0 Å². The van der Waals surface area contributed by atoms with Gasteiger partial charge in [0.15, 0.2) is 0 Å². The first-order chi connectivity index (χ1) is 7.58. The van der Waals surface area contributed by atoms with Crippen LogP contribution in [0.15, 0.2) is 12.1 Å². The highest BCUT2D eigenvalue weighted by Crippen LogP contribution is 2.25. The predicted octanol–water partition coefficient (Wildman–Crippen LogP) is 1.23. The number of benzene rings is 1. The highest BCUT2D eigenvalue weighted by atomic mass is 16.5. The Morgan fingerprint density at radius 2 is 2.12 bits per heavy atom. The third kappa shape index (κ3) is 2.97. The molecule has 0 saturated carbocycles. The number of amides is 1. The molecule has 1 amide bonds. The van der Waals surface area contributed by atoms with Crippen LogP contribution in [-0.4, -0.2) is 13.0 Å². The molecule has 88 valence electrons. The lowest BCUT2D eigenvalue weighted by Gasteiger charge is -2.12. The van der Waals surface area contributed by atoms with Gasteiger partial charge in [-0.15, -0.1) is 0 Å². The van der Waals surface area contributed by atoms with Gasteiger partial charge in [0.1, 0.15) is 5.75 Å². The average molecular weight is 222 g/mol. The Hall–Kier alpha value is -1.55. The number of nitrogens with two attached hydrogens (primary N) is 1. The molecule has 0 radical (unpaired) electrons. The van der Waals surface area contributed by atoms with E-state index in [1.54, 1.807) is 7.11 Å². The van der Waals surface area contributed by atoms with E-state index in [4.69, 9.17) is 10.6 Å². The molecule has 3 N–H and O–H groups in total. The third-order valence-corrected chi connectivity index (χ3v) is 2.56. The number of methoxy groups -OCH3 is 1. The van der Waals surface area contributed by atoms with Crippen LogP contribution < -0.4 is 16.0 Å². The first kappa shape index (κ1) is 12.5. The zero-order valence-electron chi connectivity index (χ0n) is 9.96. The van der Waals surface area contributed by atoms with E-state index in [0.717, 1.165) is 22.4 Å². The molecule has 1 aromatic rings. The van der Waals surface area contributed by atoms with Gasteiger partial charge in [0.2, 0.25) is 5.91 Å². The summed E-state index contributed by atoms with van der Waals surface area (Å²) in [5.74, 6) is 5.71. The first-order valence-electron chi connectivity index (χ1n) is 5.22. The minimum atomic E-state index is -0.165. The largest absolute Gasteiger partial charge is 0.496 e. The molecule has 0 heterocycles. The third-order valence-electron chi connectivity index (χ3n) is 2.56. The standard InChI is InChI=1S/C12H18N2O2/c1-8-6-9(2)10(11(7-8)16-3)4-5-12(15)14-13/h6-7H,4-5,13H2,1-3H3,(H,14,15). The molecule has 0 bridgehead atoms. The first-order valence-corrected chi connectivity index (χ1v) is 5.22. The van der Waals surface area contributed by atoms with Crippen molar-refractivity contribution in [2.75, 3.05) is 7.11 Å². The summed E-state index contributed by atoms with van der Waals surface area (Å²) < 4.78 is 5.31. The van der Waals surface area contributed by atoms with Crippen LogP contribution >= 0.6 is 0 Å². The lowest BCUT2D eigenvalue weighted by atomic mass is 10.00. The summed E-state index contributed by atoms with van der Waals surface area (Å²) in [6, 6.07) is 4.06. The molecular weight excluding hydrogens is 204 g/mol. The van der Waals surface area contributed by atoms with Crippen molar-refractivity contribution in [3.8, 4) is 5.75 Å². The maximum Gasteiger partial charge on any atom is 0.234 e.